The van der Waals surface area contributed by atoms with Crippen LogP contribution in [0.15, 0.2) is 0 Å². The number of aliphatic carboxylic acids is 1. The number of nitrogens with one attached hydrogen (secondary N) is 1. The van der Waals surface area contributed by atoms with Crippen molar-refractivity contribution < 1.29 is 19.8 Å². The van der Waals surface area contributed by atoms with Crippen LogP contribution < -0.4 is 5.32 Å². The van der Waals surface area contributed by atoms with Gasteiger partial charge in [-0.3, -0.25) is 9.59 Å². The molecule has 1 amide bonds. The zero-order valence-corrected chi connectivity index (χ0v) is 11.0. The molecule has 0 spiro atoms. The van der Waals surface area contributed by atoms with Crippen molar-refractivity contribution in [1.82, 2.24) is 14.7 Å². The molecule has 2 aromatic heterocycles. The maximum absolute atomic E-state index is 11.8. The van der Waals surface area contributed by atoms with E-state index in [2.05, 4.69) is 14.7 Å². The Balaban J connectivity index is 2.47. The van der Waals surface area contributed by atoms with Gasteiger partial charge < -0.3 is 15.5 Å². The second kappa shape index (κ2) is 4.81. The van der Waals surface area contributed by atoms with Crippen molar-refractivity contribution >= 4 is 33.5 Å². The molecular formula is C11H11N3O4S. The maximum Gasteiger partial charge on any atom is 0.322 e. The fourth-order valence-electron chi connectivity index (χ4n) is 1.74. The van der Waals surface area contributed by atoms with Crippen molar-refractivity contribution in [3.63, 3.8) is 0 Å². The highest BCUT2D eigenvalue weighted by Crippen LogP contribution is 2.34. The number of carbonyl (C=O) groups is 2. The Bertz CT molecular complexity index is 680. The number of fused-ring (bicyclic) bond motifs is 1. The van der Waals surface area contributed by atoms with Crippen molar-refractivity contribution in [2.45, 2.75) is 13.8 Å². The van der Waals surface area contributed by atoms with Crippen LogP contribution in [-0.2, 0) is 4.79 Å². The summed E-state index contributed by atoms with van der Waals surface area (Å²) >= 11 is 1.07. The van der Waals surface area contributed by atoms with Crippen molar-refractivity contribution in [3.05, 3.63) is 17.1 Å². The topological polar surface area (TPSA) is 112 Å². The molecule has 0 bridgehead atoms. The van der Waals surface area contributed by atoms with E-state index in [0.717, 1.165) is 22.6 Å². The van der Waals surface area contributed by atoms with E-state index in [1.807, 2.05) is 0 Å². The maximum atomic E-state index is 11.8. The summed E-state index contributed by atoms with van der Waals surface area (Å²) in [7, 11) is 0. The second-order valence-corrected chi connectivity index (χ2v) is 4.72. The van der Waals surface area contributed by atoms with E-state index in [4.69, 9.17) is 5.11 Å². The van der Waals surface area contributed by atoms with Gasteiger partial charge in [-0.25, -0.2) is 4.98 Å². The first-order chi connectivity index (χ1) is 8.91. The minimum absolute atomic E-state index is 0.185. The molecule has 0 aliphatic rings. The highest BCUT2D eigenvalue weighted by atomic mass is 32.1. The van der Waals surface area contributed by atoms with Gasteiger partial charge in [-0.2, -0.15) is 4.37 Å². The summed E-state index contributed by atoms with van der Waals surface area (Å²) in [6.45, 7) is 2.97. The van der Waals surface area contributed by atoms with E-state index in [-0.39, 0.29) is 11.4 Å². The summed E-state index contributed by atoms with van der Waals surface area (Å²) in [6, 6.07) is 0. The number of pyridine rings is 1. The fraction of sp³-hybridized carbons (Fsp3) is 0.273. The average molecular weight is 281 g/mol. The normalized spacial score (nSPS) is 10.6. The van der Waals surface area contributed by atoms with E-state index in [1.54, 1.807) is 13.8 Å². The quantitative estimate of drug-likeness (QED) is 0.768. The minimum Gasteiger partial charge on any atom is -0.504 e. The lowest BCUT2D eigenvalue weighted by atomic mass is 10.1. The fourth-order valence-corrected chi connectivity index (χ4v) is 2.63. The van der Waals surface area contributed by atoms with Gasteiger partial charge >= 0.3 is 5.97 Å². The lowest BCUT2D eigenvalue weighted by molar-refractivity contribution is -0.135. The summed E-state index contributed by atoms with van der Waals surface area (Å²) < 4.78 is 4.59. The van der Waals surface area contributed by atoms with Crippen molar-refractivity contribution in [2.75, 3.05) is 6.54 Å². The Morgan fingerprint density at radius 2 is 2.00 bits per heavy atom. The highest BCUT2D eigenvalue weighted by Gasteiger charge is 2.20. The molecule has 0 aromatic carbocycles. The van der Waals surface area contributed by atoms with Crippen LogP contribution in [0.4, 0.5) is 0 Å². The number of aryl methyl sites for hydroxylation is 2. The summed E-state index contributed by atoms with van der Waals surface area (Å²) in [5.41, 5.74) is 1.12. The minimum atomic E-state index is -1.17. The van der Waals surface area contributed by atoms with E-state index < -0.39 is 18.4 Å². The van der Waals surface area contributed by atoms with Gasteiger partial charge in [0.25, 0.3) is 5.91 Å². The van der Waals surface area contributed by atoms with Gasteiger partial charge in [-0.1, -0.05) is 0 Å². The molecule has 0 aliphatic carbocycles. The van der Waals surface area contributed by atoms with Gasteiger partial charge in [0.2, 0.25) is 0 Å². The number of rotatable bonds is 3. The largest absolute Gasteiger partial charge is 0.504 e. The number of nitrogens with zero attached hydrogens (tertiary/aromatic N) is 2. The van der Waals surface area contributed by atoms with Crippen LogP contribution in [0.25, 0.3) is 10.1 Å². The Morgan fingerprint density at radius 3 is 2.63 bits per heavy atom. The third kappa shape index (κ3) is 2.34. The molecule has 0 saturated heterocycles. The van der Waals surface area contributed by atoms with Crippen LogP contribution in [0.1, 0.15) is 21.9 Å². The second-order valence-electron chi connectivity index (χ2n) is 3.94. The molecule has 100 valence electrons. The Labute approximate surface area is 112 Å². The Hall–Kier alpha value is -2.22. The molecule has 0 atom stereocenters. The number of carbonyl (C=O) groups excluding carboxylic acids is 1. The SMILES string of the molecule is Cc1nsc2c(O)c(C(=O)NCC(=O)O)nc(C)c12. The first-order valence-corrected chi connectivity index (χ1v) is 6.14. The summed E-state index contributed by atoms with van der Waals surface area (Å²) in [5, 5.41) is 21.4. The van der Waals surface area contributed by atoms with Gasteiger partial charge in [-0.05, 0) is 25.4 Å². The summed E-state index contributed by atoms with van der Waals surface area (Å²) in [4.78, 5) is 26.2. The molecule has 19 heavy (non-hydrogen) atoms. The van der Waals surface area contributed by atoms with Crippen LogP contribution in [0.3, 0.4) is 0 Å². The summed E-state index contributed by atoms with van der Waals surface area (Å²) in [5.74, 6) is -2.16. The van der Waals surface area contributed by atoms with E-state index in [0.29, 0.717) is 10.4 Å². The lowest BCUT2D eigenvalue weighted by Crippen LogP contribution is -2.30. The molecule has 7 nitrogen and oxygen atoms in total. The van der Waals surface area contributed by atoms with Gasteiger partial charge in [-0.15, -0.1) is 0 Å². The Kier molecular flexibility index (Phi) is 3.34. The molecule has 0 saturated carbocycles. The van der Waals surface area contributed by atoms with Crippen molar-refractivity contribution in [3.8, 4) is 5.75 Å². The highest BCUT2D eigenvalue weighted by molar-refractivity contribution is 7.13. The number of aromatic hydroxyl groups is 1. The molecule has 8 heteroatoms. The van der Waals surface area contributed by atoms with E-state index in [1.165, 1.54) is 0 Å². The van der Waals surface area contributed by atoms with Gasteiger partial charge in [0.15, 0.2) is 11.4 Å². The first kappa shape index (κ1) is 13.2. The smallest absolute Gasteiger partial charge is 0.322 e. The molecule has 2 heterocycles. The van der Waals surface area contributed by atoms with Gasteiger partial charge in [0.1, 0.15) is 11.2 Å². The Morgan fingerprint density at radius 1 is 1.32 bits per heavy atom. The van der Waals surface area contributed by atoms with Crippen LogP contribution in [-0.4, -0.2) is 38.0 Å². The number of aromatic nitrogens is 2. The van der Waals surface area contributed by atoms with Crippen LogP contribution >= 0.6 is 11.5 Å². The zero-order valence-electron chi connectivity index (χ0n) is 10.2. The van der Waals surface area contributed by atoms with E-state index in [9.17, 15) is 14.7 Å². The third-order valence-corrected chi connectivity index (χ3v) is 3.50. The van der Waals surface area contributed by atoms with Gasteiger partial charge in [0.05, 0.1) is 5.69 Å². The lowest BCUT2D eigenvalue weighted by Gasteiger charge is -2.06. The van der Waals surface area contributed by atoms with Crippen LogP contribution in [0.2, 0.25) is 0 Å². The first-order valence-electron chi connectivity index (χ1n) is 5.37. The molecule has 2 aromatic rings. The average Bonchev–Trinajstić information content (AvgIpc) is 2.73. The number of carboxylic acid groups (broad SMARTS) is 1. The number of carboxylic acids is 1. The molecule has 2 rings (SSSR count). The molecule has 0 aliphatic heterocycles. The third-order valence-electron chi connectivity index (χ3n) is 2.56. The summed E-state index contributed by atoms with van der Waals surface area (Å²) in [6.07, 6.45) is 0. The molecule has 0 fully saturated rings. The van der Waals surface area contributed by atoms with Gasteiger partial charge in [0, 0.05) is 11.1 Å². The number of hydrogen-bond acceptors (Lipinski definition) is 6. The number of amides is 1. The number of hydrogen-bond donors (Lipinski definition) is 3. The molecule has 0 unspecified atom stereocenters. The van der Waals surface area contributed by atoms with Crippen LogP contribution in [0, 0.1) is 13.8 Å². The van der Waals surface area contributed by atoms with E-state index >= 15 is 0 Å². The zero-order chi connectivity index (χ0) is 14.2. The molecule has 0 radical (unpaired) electrons. The molecule has 3 N–H and O–H groups in total. The van der Waals surface area contributed by atoms with Crippen molar-refractivity contribution in [1.29, 1.82) is 0 Å². The van der Waals surface area contributed by atoms with Crippen LogP contribution in [0.5, 0.6) is 5.75 Å². The predicted octanol–water partition coefficient (Wildman–Crippen LogP) is 0.828. The standard InChI is InChI=1S/C11H11N3O4S/c1-4-7-5(2)14-19-10(7)9(17)8(13-4)11(18)12-3-6(15)16/h17H,3H2,1-2H3,(H,12,18)(H,15,16). The van der Waals surface area contributed by atoms with Crippen molar-refractivity contribution in [2.24, 2.45) is 0 Å². The molecular weight excluding hydrogens is 270 g/mol. The monoisotopic (exact) mass is 281 g/mol. The predicted molar refractivity (Wildman–Crippen MR) is 68.5 cm³/mol.